The third kappa shape index (κ3) is 4.10. The summed E-state index contributed by atoms with van der Waals surface area (Å²) in [6.45, 7) is 1.88. The molecule has 1 aromatic rings. The van der Waals surface area contributed by atoms with Gasteiger partial charge in [0, 0.05) is 15.8 Å². The molecule has 2 N–H and O–H groups in total. The number of nitrogen functional groups attached to an aromatic ring is 1. The van der Waals surface area contributed by atoms with Crippen LogP contribution in [0.5, 0.6) is 0 Å². The number of benzene rings is 1. The molecule has 1 atom stereocenters. The number of hydrogen-bond donors (Lipinski definition) is 1. The lowest BCUT2D eigenvalue weighted by molar-refractivity contribution is -0.140. The first kappa shape index (κ1) is 12.8. The van der Waals surface area contributed by atoms with Crippen molar-refractivity contribution < 1.29 is 13.9 Å². The molecule has 0 fully saturated rings. The highest BCUT2D eigenvalue weighted by Gasteiger charge is 2.11. The maximum absolute atomic E-state index is 13.0. The van der Waals surface area contributed by atoms with E-state index in [1.807, 2.05) is 6.92 Å². The monoisotopic (exact) mass is 243 g/mol. The largest absolute Gasteiger partial charge is 0.469 e. The lowest BCUT2D eigenvalue weighted by atomic mass is 10.3. The Balaban J connectivity index is 2.62. The Morgan fingerprint density at radius 1 is 1.56 bits per heavy atom. The van der Waals surface area contributed by atoms with Crippen LogP contribution in [0.3, 0.4) is 0 Å². The Morgan fingerprint density at radius 3 is 2.81 bits per heavy atom. The van der Waals surface area contributed by atoms with E-state index >= 15 is 0 Å². The molecule has 1 aromatic carbocycles. The number of methoxy groups -OCH3 is 1. The van der Waals surface area contributed by atoms with Gasteiger partial charge in [0.05, 0.1) is 13.5 Å². The summed E-state index contributed by atoms with van der Waals surface area (Å²) < 4.78 is 17.6. The third-order valence-electron chi connectivity index (χ3n) is 1.91. The van der Waals surface area contributed by atoms with E-state index in [4.69, 9.17) is 5.73 Å². The predicted octanol–water partition coefficient (Wildman–Crippen LogP) is 2.45. The van der Waals surface area contributed by atoms with Crippen molar-refractivity contribution in [1.29, 1.82) is 0 Å². The highest BCUT2D eigenvalue weighted by Crippen LogP contribution is 2.27. The number of thioether (sulfide) groups is 1. The van der Waals surface area contributed by atoms with E-state index in [9.17, 15) is 9.18 Å². The molecule has 1 unspecified atom stereocenters. The van der Waals surface area contributed by atoms with Gasteiger partial charge < -0.3 is 10.5 Å². The Labute approximate surface area is 98.2 Å². The van der Waals surface area contributed by atoms with E-state index in [0.29, 0.717) is 10.6 Å². The summed E-state index contributed by atoms with van der Waals surface area (Å²) in [6.07, 6.45) is 0.289. The smallest absolute Gasteiger partial charge is 0.306 e. The normalized spacial score (nSPS) is 12.2. The quantitative estimate of drug-likeness (QED) is 0.501. The average Bonchev–Trinajstić information content (AvgIpc) is 2.15. The van der Waals surface area contributed by atoms with Gasteiger partial charge in [-0.25, -0.2) is 4.39 Å². The van der Waals surface area contributed by atoms with Crippen molar-refractivity contribution in [1.82, 2.24) is 0 Å². The molecule has 3 nitrogen and oxygen atoms in total. The van der Waals surface area contributed by atoms with Crippen LogP contribution in [0.2, 0.25) is 0 Å². The molecular formula is C11H14FNO2S. The zero-order valence-electron chi connectivity index (χ0n) is 9.20. The lowest BCUT2D eigenvalue weighted by Crippen LogP contribution is -2.08. The van der Waals surface area contributed by atoms with Crippen molar-refractivity contribution in [2.75, 3.05) is 12.8 Å². The minimum absolute atomic E-state index is 0.0219. The number of rotatable bonds is 4. The van der Waals surface area contributed by atoms with Gasteiger partial charge in [0.15, 0.2) is 0 Å². The summed E-state index contributed by atoms with van der Waals surface area (Å²) in [6, 6.07) is 4.34. The number of halogens is 1. The van der Waals surface area contributed by atoms with E-state index < -0.39 is 0 Å². The molecule has 0 bridgehead atoms. The van der Waals surface area contributed by atoms with E-state index in [0.717, 1.165) is 0 Å². The van der Waals surface area contributed by atoms with Gasteiger partial charge >= 0.3 is 5.97 Å². The first-order chi connectivity index (χ1) is 7.51. The number of ether oxygens (including phenoxy) is 1. The molecule has 0 aliphatic heterocycles. The van der Waals surface area contributed by atoms with Crippen molar-refractivity contribution in [3.8, 4) is 0 Å². The van der Waals surface area contributed by atoms with Crippen LogP contribution in [0.15, 0.2) is 23.1 Å². The number of esters is 1. The molecule has 5 heteroatoms. The fourth-order valence-corrected chi connectivity index (χ4v) is 2.31. The predicted molar refractivity (Wildman–Crippen MR) is 62.8 cm³/mol. The van der Waals surface area contributed by atoms with Crippen LogP contribution >= 0.6 is 11.8 Å². The second kappa shape index (κ2) is 5.75. The second-order valence-electron chi connectivity index (χ2n) is 3.43. The van der Waals surface area contributed by atoms with Crippen molar-refractivity contribution in [3.63, 3.8) is 0 Å². The lowest BCUT2D eigenvalue weighted by Gasteiger charge is -2.10. The highest BCUT2D eigenvalue weighted by atomic mass is 32.2. The van der Waals surface area contributed by atoms with Gasteiger partial charge in [-0.1, -0.05) is 6.92 Å². The Bertz CT molecular complexity index is 364. The molecule has 0 radical (unpaired) electrons. The highest BCUT2D eigenvalue weighted by molar-refractivity contribution is 8.00. The first-order valence-corrected chi connectivity index (χ1v) is 5.68. The minimum atomic E-state index is -0.368. The molecule has 1 rings (SSSR count). The molecule has 16 heavy (non-hydrogen) atoms. The fourth-order valence-electron chi connectivity index (χ4n) is 1.24. The maximum atomic E-state index is 13.0. The average molecular weight is 243 g/mol. The molecule has 0 aromatic heterocycles. The van der Waals surface area contributed by atoms with E-state index in [1.54, 1.807) is 6.07 Å². The van der Waals surface area contributed by atoms with Crippen molar-refractivity contribution in [2.45, 2.75) is 23.5 Å². The van der Waals surface area contributed by atoms with Crippen LogP contribution in [0, 0.1) is 5.82 Å². The molecular weight excluding hydrogens is 229 g/mol. The summed E-state index contributed by atoms with van der Waals surface area (Å²) in [5, 5.41) is 0.0219. The summed E-state index contributed by atoms with van der Waals surface area (Å²) >= 11 is 1.39. The number of carbonyl (C=O) groups is 1. The first-order valence-electron chi connectivity index (χ1n) is 4.81. The van der Waals surface area contributed by atoms with Crippen LogP contribution in [0.4, 0.5) is 10.1 Å². The van der Waals surface area contributed by atoms with Gasteiger partial charge in [-0.3, -0.25) is 4.79 Å². The number of carbonyl (C=O) groups excluding carboxylic acids is 1. The van der Waals surface area contributed by atoms with Gasteiger partial charge in [0.2, 0.25) is 0 Å². The van der Waals surface area contributed by atoms with E-state index in [1.165, 1.54) is 31.0 Å². The van der Waals surface area contributed by atoms with Gasteiger partial charge in [0.25, 0.3) is 0 Å². The molecule has 0 saturated carbocycles. The Kier molecular flexibility index (Phi) is 4.61. The minimum Gasteiger partial charge on any atom is -0.469 e. The summed E-state index contributed by atoms with van der Waals surface area (Å²) in [7, 11) is 1.35. The van der Waals surface area contributed by atoms with Crippen LogP contribution in [-0.2, 0) is 9.53 Å². The van der Waals surface area contributed by atoms with Crippen molar-refractivity contribution in [2.24, 2.45) is 0 Å². The van der Waals surface area contributed by atoms with Gasteiger partial charge in [-0.2, -0.15) is 0 Å². The third-order valence-corrected chi connectivity index (χ3v) is 2.99. The molecule has 0 heterocycles. The van der Waals surface area contributed by atoms with Crippen LogP contribution in [0.25, 0.3) is 0 Å². The number of nitrogens with two attached hydrogens (primary N) is 1. The molecule has 0 saturated heterocycles. The Hall–Kier alpha value is -1.23. The van der Waals surface area contributed by atoms with Gasteiger partial charge in [-0.15, -0.1) is 11.8 Å². The molecule has 0 aliphatic carbocycles. The second-order valence-corrected chi connectivity index (χ2v) is 4.94. The SMILES string of the molecule is COC(=O)CC(C)Sc1cc(N)cc(F)c1. The molecule has 0 spiro atoms. The van der Waals surface area contributed by atoms with Gasteiger partial charge in [-0.05, 0) is 18.2 Å². The van der Waals surface area contributed by atoms with E-state index in [-0.39, 0.29) is 23.5 Å². The summed E-state index contributed by atoms with van der Waals surface area (Å²) in [5.41, 5.74) is 5.90. The number of anilines is 1. The number of hydrogen-bond acceptors (Lipinski definition) is 4. The zero-order chi connectivity index (χ0) is 12.1. The zero-order valence-corrected chi connectivity index (χ0v) is 10.0. The van der Waals surface area contributed by atoms with Crippen LogP contribution < -0.4 is 5.73 Å². The van der Waals surface area contributed by atoms with Crippen molar-refractivity contribution in [3.05, 3.63) is 24.0 Å². The Morgan fingerprint density at radius 2 is 2.25 bits per heavy atom. The van der Waals surface area contributed by atoms with E-state index in [2.05, 4.69) is 4.74 Å². The summed E-state index contributed by atoms with van der Waals surface area (Å²) in [5.74, 6) is -0.642. The fraction of sp³-hybridized carbons (Fsp3) is 0.364. The van der Waals surface area contributed by atoms with Gasteiger partial charge in [0.1, 0.15) is 5.82 Å². The molecule has 0 aliphatic rings. The molecule has 88 valence electrons. The topological polar surface area (TPSA) is 52.3 Å². The molecule has 0 amide bonds. The van der Waals surface area contributed by atoms with Crippen molar-refractivity contribution >= 4 is 23.4 Å². The van der Waals surface area contributed by atoms with Crippen LogP contribution in [-0.4, -0.2) is 18.3 Å². The maximum Gasteiger partial charge on any atom is 0.306 e. The van der Waals surface area contributed by atoms with Crippen LogP contribution in [0.1, 0.15) is 13.3 Å². The standard InChI is InChI=1S/C11H14FNO2S/c1-7(3-11(14)15-2)16-10-5-8(12)4-9(13)6-10/h4-7H,3,13H2,1-2H3. The summed E-state index contributed by atoms with van der Waals surface area (Å²) in [4.78, 5) is 11.7.